The highest BCUT2D eigenvalue weighted by molar-refractivity contribution is 6.21. The van der Waals surface area contributed by atoms with Crippen molar-refractivity contribution in [1.82, 2.24) is 9.13 Å². The molecule has 2 heterocycles. The first-order valence-corrected chi connectivity index (χ1v) is 12.4. The number of rotatable bonds is 2. The molecular weight excluding hydrogens is 436 g/mol. The van der Waals surface area contributed by atoms with Gasteiger partial charge in [0, 0.05) is 33.7 Å². The molecule has 0 aliphatic rings. The predicted octanol–water partition coefficient (Wildman–Crippen LogP) is 9.03. The van der Waals surface area contributed by atoms with Gasteiger partial charge in [-0.2, -0.15) is 0 Å². The number of benzene rings is 6. The Morgan fingerprint density at radius 3 is 1.92 bits per heavy atom. The maximum atomic E-state index is 2.42. The number of fused-ring (bicyclic) bond motifs is 7. The summed E-state index contributed by atoms with van der Waals surface area (Å²) in [6.07, 6.45) is 2.19. The smallest absolute Gasteiger partial charge is 0.0548 e. The Hall–Kier alpha value is -4.82. The van der Waals surface area contributed by atoms with Crippen LogP contribution in [0.1, 0.15) is 0 Å². The lowest BCUT2D eigenvalue weighted by Gasteiger charge is -2.11. The summed E-state index contributed by atoms with van der Waals surface area (Å²) in [5, 5.41) is 8.93. The van der Waals surface area contributed by atoms with Gasteiger partial charge in [0.2, 0.25) is 0 Å². The van der Waals surface area contributed by atoms with Crippen molar-refractivity contribution < 1.29 is 0 Å². The highest BCUT2D eigenvalue weighted by Gasteiger charge is 2.16. The topological polar surface area (TPSA) is 9.86 Å². The summed E-state index contributed by atoms with van der Waals surface area (Å²) in [6, 6.07) is 46.1. The van der Waals surface area contributed by atoms with Crippen LogP contribution < -0.4 is 0 Å². The monoisotopic (exact) mass is 458 g/mol. The first-order valence-electron chi connectivity index (χ1n) is 12.4. The van der Waals surface area contributed by atoms with Crippen LogP contribution in [0.3, 0.4) is 0 Å². The molecule has 0 atom stereocenters. The lowest BCUT2D eigenvalue weighted by Crippen LogP contribution is -1.94. The summed E-state index contributed by atoms with van der Waals surface area (Å²) in [5.74, 6) is 0. The molecule has 0 saturated carbocycles. The van der Waals surface area contributed by atoms with Crippen LogP contribution >= 0.6 is 0 Å². The molecule has 8 aromatic rings. The van der Waals surface area contributed by atoms with E-state index in [1.165, 1.54) is 65.6 Å². The Balaban J connectivity index is 1.43. The summed E-state index contributed by atoms with van der Waals surface area (Å²) >= 11 is 0. The Bertz CT molecular complexity index is 2090. The van der Waals surface area contributed by atoms with Crippen LogP contribution in [0.5, 0.6) is 0 Å². The predicted molar refractivity (Wildman–Crippen MR) is 153 cm³/mol. The normalized spacial score (nSPS) is 11.9. The van der Waals surface area contributed by atoms with E-state index in [0.29, 0.717) is 0 Å². The van der Waals surface area contributed by atoms with Crippen LogP contribution in [-0.2, 0) is 0 Å². The van der Waals surface area contributed by atoms with Crippen molar-refractivity contribution in [2.75, 3.05) is 0 Å². The third-order valence-corrected chi connectivity index (χ3v) is 7.49. The zero-order valence-corrected chi connectivity index (χ0v) is 19.6. The number of nitrogens with zero attached hydrogens (tertiary/aromatic N) is 2. The van der Waals surface area contributed by atoms with Crippen molar-refractivity contribution in [3.05, 3.63) is 134 Å². The van der Waals surface area contributed by atoms with Crippen molar-refractivity contribution in [2.24, 2.45) is 0 Å². The second kappa shape index (κ2) is 7.34. The third-order valence-electron chi connectivity index (χ3n) is 7.49. The van der Waals surface area contributed by atoms with E-state index in [1.807, 2.05) is 0 Å². The summed E-state index contributed by atoms with van der Waals surface area (Å²) < 4.78 is 4.70. The van der Waals surface area contributed by atoms with Crippen LogP contribution in [0, 0.1) is 0 Å². The Kier molecular flexibility index (Phi) is 3.97. The zero-order valence-electron chi connectivity index (χ0n) is 19.6. The van der Waals surface area contributed by atoms with E-state index in [-0.39, 0.29) is 0 Å². The lowest BCUT2D eigenvalue weighted by atomic mass is 10.0. The zero-order chi connectivity index (χ0) is 23.6. The van der Waals surface area contributed by atoms with Crippen molar-refractivity contribution >= 4 is 54.3 Å². The number of hydrogen-bond donors (Lipinski definition) is 0. The highest BCUT2D eigenvalue weighted by Crippen LogP contribution is 2.38. The van der Waals surface area contributed by atoms with Gasteiger partial charge in [0.25, 0.3) is 0 Å². The molecule has 0 amide bonds. The van der Waals surface area contributed by atoms with Crippen molar-refractivity contribution in [3.63, 3.8) is 0 Å². The van der Waals surface area contributed by atoms with E-state index in [0.717, 1.165) is 0 Å². The molecule has 0 fully saturated rings. The number of aromatic nitrogens is 2. The molecular formula is C34H22N2. The highest BCUT2D eigenvalue weighted by atomic mass is 15.0. The molecule has 2 nitrogen and oxygen atoms in total. The fraction of sp³-hybridized carbons (Fsp3) is 0. The Morgan fingerprint density at radius 2 is 1.06 bits per heavy atom. The van der Waals surface area contributed by atoms with Gasteiger partial charge in [-0.05, 0) is 82.2 Å². The van der Waals surface area contributed by atoms with Crippen molar-refractivity contribution in [2.45, 2.75) is 0 Å². The van der Waals surface area contributed by atoms with Gasteiger partial charge in [0.15, 0.2) is 0 Å². The molecule has 8 rings (SSSR count). The van der Waals surface area contributed by atoms with Crippen LogP contribution in [0.2, 0.25) is 0 Å². The van der Waals surface area contributed by atoms with Gasteiger partial charge in [-0.3, -0.25) is 0 Å². The van der Waals surface area contributed by atoms with Crippen LogP contribution in [0.4, 0.5) is 0 Å². The van der Waals surface area contributed by atoms with E-state index in [2.05, 4.69) is 143 Å². The Labute approximate surface area is 208 Å². The largest absolute Gasteiger partial charge is 0.317 e. The molecule has 2 heteroatoms. The molecule has 0 radical (unpaired) electrons. The SMILES string of the molecule is c1ccc(-n2ccc3c4c5ccccc5n(-c5ccc6cc7ccccc7cc6c5)c4ccc32)cc1. The van der Waals surface area contributed by atoms with E-state index in [1.54, 1.807) is 0 Å². The molecule has 0 N–H and O–H groups in total. The molecule has 0 aliphatic carbocycles. The summed E-state index contributed by atoms with van der Waals surface area (Å²) in [6.45, 7) is 0. The van der Waals surface area contributed by atoms with Gasteiger partial charge < -0.3 is 9.13 Å². The average molecular weight is 459 g/mol. The second-order valence-corrected chi connectivity index (χ2v) is 9.50. The van der Waals surface area contributed by atoms with Gasteiger partial charge in [-0.15, -0.1) is 0 Å². The fourth-order valence-corrected chi connectivity index (χ4v) is 5.84. The molecule has 0 bridgehead atoms. The minimum Gasteiger partial charge on any atom is -0.317 e. The second-order valence-electron chi connectivity index (χ2n) is 9.50. The standard InChI is InChI=1S/C34H22N2/c1-2-10-27(11-3-1)35-19-18-30-31(35)16-17-33-34(30)29-12-6-7-13-32(29)36(33)28-15-14-25-20-23-8-4-5-9-24(23)21-26(25)22-28/h1-22H. The molecule has 0 spiro atoms. The summed E-state index contributed by atoms with van der Waals surface area (Å²) in [7, 11) is 0. The molecule has 2 aromatic heterocycles. The summed E-state index contributed by atoms with van der Waals surface area (Å²) in [4.78, 5) is 0. The van der Waals surface area contributed by atoms with E-state index in [9.17, 15) is 0 Å². The van der Waals surface area contributed by atoms with Gasteiger partial charge in [0.05, 0.1) is 16.6 Å². The average Bonchev–Trinajstić information content (AvgIpc) is 3.51. The van der Waals surface area contributed by atoms with Crippen LogP contribution in [0.15, 0.2) is 134 Å². The quantitative estimate of drug-likeness (QED) is 0.229. The molecule has 36 heavy (non-hydrogen) atoms. The van der Waals surface area contributed by atoms with E-state index >= 15 is 0 Å². The molecule has 6 aromatic carbocycles. The van der Waals surface area contributed by atoms with Crippen LogP contribution in [0.25, 0.3) is 65.6 Å². The third kappa shape index (κ3) is 2.73. The maximum Gasteiger partial charge on any atom is 0.0548 e. The lowest BCUT2D eigenvalue weighted by molar-refractivity contribution is 1.13. The van der Waals surface area contributed by atoms with Gasteiger partial charge in [-0.25, -0.2) is 0 Å². The maximum absolute atomic E-state index is 2.42. The van der Waals surface area contributed by atoms with Gasteiger partial charge in [0.1, 0.15) is 0 Å². The first kappa shape index (κ1) is 19.5. The number of para-hydroxylation sites is 2. The van der Waals surface area contributed by atoms with E-state index < -0.39 is 0 Å². The van der Waals surface area contributed by atoms with Gasteiger partial charge >= 0.3 is 0 Å². The Morgan fingerprint density at radius 1 is 0.389 bits per heavy atom. The van der Waals surface area contributed by atoms with Gasteiger partial charge in [-0.1, -0.05) is 66.7 Å². The molecule has 0 saturated heterocycles. The first-order chi connectivity index (χ1) is 17.8. The molecule has 0 unspecified atom stereocenters. The van der Waals surface area contributed by atoms with E-state index in [4.69, 9.17) is 0 Å². The van der Waals surface area contributed by atoms with Crippen LogP contribution in [-0.4, -0.2) is 9.13 Å². The molecule has 168 valence electrons. The van der Waals surface area contributed by atoms with Crippen molar-refractivity contribution in [1.29, 1.82) is 0 Å². The fourth-order valence-electron chi connectivity index (χ4n) is 5.84. The minimum atomic E-state index is 1.18. The van der Waals surface area contributed by atoms with Crippen molar-refractivity contribution in [3.8, 4) is 11.4 Å². The number of hydrogen-bond acceptors (Lipinski definition) is 0. The minimum absolute atomic E-state index is 1.18. The molecule has 0 aliphatic heterocycles. The summed E-state index contributed by atoms with van der Waals surface area (Å²) in [5.41, 5.74) is 6.05.